The number of hydrogen-bond acceptors (Lipinski definition) is 6. The largest absolute Gasteiger partial charge is 0.366 e. The lowest BCUT2D eigenvalue weighted by molar-refractivity contribution is 0.314. The summed E-state index contributed by atoms with van der Waals surface area (Å²) >= 11 is 0. The third kappa shape index (κ3) is 4.51. The van der Waals surface area contributed by atoms with Gasteiger partial charge in [0.2, 0.25) is 10.0 Å². The van der Waals surface area contributed by atoms with Gasteiger partial charge in [0.1, 0.15) is 30.9 Å². The zero-order chi connectivity index (χ0) is 24.6. The highest BCUT2D eigenvalue weighted by molar-refractivity contribution is 7.89. The van der Waals surface area contributed by atoms with Crippen molar-refractivity contribution in [1.82, 2.24) is 23.9 Å². The topological polar surface area (TPSA) is 92.5 Å². The van der Waals surface area contributed by atoms with Gasteiger partial charge in [-0.1, -0.05) is 12.1 Å². The Hall–Kier alpha value is -3.38. The second-order valence-corrected chi connectivity index (χ2v) is 10.2. The summed E-state index contributed by atoms with van der Waals surface area (Å²) in [6, 6.07) is 8.70. The zero-order valence-corrected chi connectivity index (χ0v) is 19.4. The zero-order valence-electron chi connectivity index (χ0n) is 18.6. The Balaban J connectivity index is 1.37. The summed E-state index contributed by atoms with van der Waals surface area (Å²) in [5, 5.41) is 7.64. The van der Waals surface area contributed by atoms with Gasteiger partial charge in [0.15, 0.2) is 4.90 Å². The van der Waals surface area contributed by atoms with Gasteiger partial charge in [-0.3, -0.25) is 4.98 Å². The molecule has 0 aliphatic carbocycles. The van der Waals surface area contributed by atoms with Gasteiger partial charge in [-0.25, -0.2) is 22.2 Å². The summed E-state index contributed by atoms with van der Waals surface area (Å²) in [6.07, 6.45) is 5.87. The molecule has 178 valence electrons. The summed E-state index contributed by atoms with van der Waals surface area (Å²) < 4.78 is 56.9. The molecule has 0 unspecified atom stereocenters. The lowest BCUT2D eigenvalue weighted by Crippen LogP contribution is -2.38. The first kappa shape index (κ1) is 23.4. The molecule has 4 aromatic rings. The molecule has 4 heterocycles. The predicted molar refractivity (Wildman–Crippen MR) is 127 cm³/mol. The van der Waals surface area contributed by atoms with Crippen LogP contribution in [0.15, 0.2) is 59.9 Å². The Labute approximate surface area is 202 Å². The second kappa shape index (κ2) is 9.35. The molecule has 12 heteroatoms. The van der Waals surface area contributed by atoms with E-state index in [0.717, 1.165) is 33.8 Å². The third-order valence-corrected chi connectivity index (χ3v) is 8.06. The van der Waals surface area contributed by atoms with Gasteiger partial charge >= 0.3 is 0 Å². The van der Waals surface area contributed by atoms with Gasteiger partial charge in [0.05, 0.1) is 0 Å². The summed E-state index contributed by atoms with van der Waals surface area (Å²) in [4.78, 5) is 7.89. The minimum atomic E-state index is -4.30. The van der Waals surface area contributed by atoms with Gasteiger partial charge in [0, 0.05) is 55.9 Å². The molecule has 0 spiro atoms. The van der Waals surface area contributed by atoms with Crippen LogP contribution < -0.4 is 10.8 Å². The van der Waals surface area contributed by atoms with Gasteiger partial charge in [-0.2, -0.15) is 13.9 Å². The number of benzene rings is 1. The van der Waals surface area contributed by atoms with Gasteiger partial charge < -0.3 is 5.32 Å². The van der Waals surface area contributed by atoms with Crippen molar-refractivity contribution in [2.75, 3.05) is 18.4 Å². The Kier molecular flexibility index (Phi) is 6.24. The van der Waals surface area contributed by atoms with Gasteiger partial charge in [-0.05, 0) is 42.1 Å². The molecule has 0 saturated carbocycles. The molecule has 5 rings (SSSR count). The standard InChI is InChI=1S/C23H21BF2N6O2S/c24-17-14-29-32-21(28-13-15-3-2-8-27-12-15)11-20(30-23(17)32)16-6-9-31(10-7-16)35(33,34)22-18(25)4-1-5-19(22)26/h1-5,8,11-12,14,16,28H,6-7,9-10,13H2. The van der Waals surface area contributed by atoms with E-state index in [2.05, 4.69) is 20.4 Å². The molecule has 35 heavy (non-hydrogen) atoms. The highest BCUT2D eigenvalue weighted by atomic mass is 32.2. The average Bonchev–Trinajstić information content (AvgIpc) is 3.24. The van der Waals surface area contributed by atoms with Crippen LogP contribution in [0.2, 0.25) is 0 Å². The van der Waals surface area contributed by atoms with Crippen LogP contribution in [0, 0.1) is 11.6 Å². The van der Waals surface area contributed by atoms with Crippen molar-refractivity contribution in [2.24, 2.45) is 0 Å². The summed E-state index contributed by atoms with van der Waals surface area (Å²) in [6.45, 7) is 0.735. The van der Waals surface area contributed by atoms with E-state index in [4.69, 9.17) is 7.85 Å². The second-order valence-electron chi connectivity index (χ2n) is 8.35. The Morgan fingerprint density at radius 2 is 1.83 bits per heavy atom. The smallest absolute Gasteiger partial charge is 0.248 e. The fourth-order valence-electron chi connectivity index (χ4n) is 4.28. The molecule has 1 fully saturated rings. The van der Waals surface area contributed by atoms with E-state index in [9.17, 15) is 17.2 Å². The molecule has 1 aliphatic rings. The van der Waals surface area contributed by atoms with Crippen molar-refractivity contribution in [3.63, 3.8) is 0 Å². The number of anilines is 1. The number of fused-ring (bicyclic) bond motifs is 1. The van der Waals surface area contributed by atoms with E-state index in [1.165, 1.54) is 6.20 Å². The van der Waals surface area contributed by atoms with Crippen LogP contribution in [0.25, 0.3) is 5.65 Å². The molecule has 0 amide bonds. The molecule has 0 bridgehead atoms. The first-order valence-corrected chi connectivity index (χ1v) is 12.5. The van der Waals surface area contributed by atoms with E-state index in [-0.39, 0.29) is 19.0 Å². The van der Waals surface area contributed by atoms with Crippen LogP contribution in [-0.4, -0.2) is 53.2 Å². The Morgan fingerprint density at radius 3 is 2.51 bits per heavy atom. The SMILES string of the molecule is [B]c1cnn2c(NCc3cccnc3)cc(C3CCN(S(=O)(=O)c4c(F)cccc4F)CC3)nc12. The summed E-state index contributed by atoms with van der Waals surface area (Å²) in [5.74, 6) is -1.57. The maximum Gasteiger partial charge on any atom is 0.248 e. The van der Waals surface area contributed by atoms with Crippen LogP contribution in [0.3, 0.4) is 0 Å². The molecule has 1 aromatic carbocycles. The third-order valence-electron chi connectivity index (χ3n) is 6.10. The monoisotopic (exact) mass is 494 g/mol. The number of hydrogen-bond donors (Lipinski definition) is 1. The van der Waals surface area contributed by atoms with Crippen molar-refractivity contribution < 1.29 is 17.2 Å². The van der Waals surface area contributed by atoms with Gasteiger partial charge in [-0.15, -0.1) is 0 Å². The number of rotatable bonds is 6. The van der Waals surface area contributed by atoms with Crippen LogP contribution >= 0.6 is 0 Å². The molecule has 2 radical (unpaired) electrons. The highest BCUT2D eigenvalue weighted by Gasteiger charge is 2.34. The quantitative estimate of drug-likeness (QED) is 0.414. The predicted octanol–water partition coefficient (Wildman–Crippen LogP) is 2.38. The summed E-state index contributed by atoms with van der Waals surface area (Å²) in [5.41, 5.74) is 2.65. The molecular formula is C23H21BF2N6O2S. The number of nitrogens with one attached hydrogen (secondary N) is 1. The van der Waals surface area contributed by atoms with Crippen molar-refractivity contribution >= 4 is 34.8 Å². The molecule has 3 aromatic heterocycles. The maximum absolute atomic E-state index is 14.2. The minimum Gasteiger partial charge on any atom is -0.366 e. The fourth-order valence-corrected chi connectivity index (χ4v) is 5.86. The molecule has 1 aliphatic heterocycles. The van der Waals surface area contributed by atoms with Crippen molar-refractivity contribution in [1.29, 1.82) is 0 Å². The van der Waals surface area contributed by atoms with E-state index in [1.807, 2.05) is 18.2 Å². The summed E-state index contributed by atoms with van der Waals surface area (Å²) in [7, 11) is 1.78. The number of sulfonamides is 1. The van der Waals surface area contributed by atoms with Gasteiger partial charge in [0.25, 0.3) is 0 Å². The average molecular weight is 494 g/mol. The maximum atomic E-state index is 14.2. The number of pyridine rings is 1. The van der Waals surface area contributed by atoms with E-state index >= 15 is 0 Å². The normalized spacial score (nSPS) is 15.5. The molecule has 1 saturated heterocycles. The molecule has 8 nitrogen and oxygen atoms in total. The molecule has 1 N–H and O–H groups in total. The van der Waals surface area contributed by atoms with E-state index < -0.39 is 26.6 Å². The number of halogens is 2. The van der Waals surface area contributed by atoms with Crippen molar-refractivity contribution in [3.8, 4) is 0 Å². The minimum absolute atomic E-state index is 0.0647. The van der Waals surface area contributed by atoms with E-state index in [1.54, 1.807) is 16.9 Å². The first-order chi connectivity index (χ1) is 16.8. The first-order valence-electron chi connectivity index (χ1n) is 11.1. The lowest BCUT2D eigenvalue weighted by Gasteiger charge is -2.31. The fraction of sp³-hybridized carbons (Fsp3) is 0.261. The van der Waals surface area contributed by atoms with Crippen LogP contribution in [0.5, 0.6) is 0 Å². The Bertz CT molecular complexity index is 1450. The van der Waals surface area contributed by atoms with Crippen molar-refractivity contribution in [3.05, 3.63) is 77.9 Å². The number of nitrogens with zero attached hydrogens (tertiary/aromatic N) is 5. The highest BCUT2D eigenvalue weighted by Crippen LogP contribution is 2.32. The number of aromatic nitrogens is 4. The molecule has 0 atom stereocenters. The van der Waals surface area contributed by atoms with Crippen LogP contribution in [0.4, 0.5) is 14.6 Å². The number of piperidine rings is 1. The van der Waals surface area contributed by atoms with E-state index in [0.29, 0.717) is 36.3 Å². The van der Waals surface area contributed by atoms with Crippen LogP contribution in [0.1, 0.15) is 30.0 Å². The Morgan fingerprint density at radius 1 is 1.09 bits per heavy atom. The molecular weight excluding hydrogens is 473 g/mol. The van der Waals surface area contributed by atoms with Crippen molar-refractivity contribution in [2.45, 2.75) is 30.2 Å². The van der Waals surface area contributed by atoms with Crippen LogP contribution in [-0.2, 0) is 16.6 Å². The lowest BCUT2D eigenvalue weighted by atomic mass is 9.94.